The number of Topliss-reactive ketones (excluding diaryl/α,β-unsaturated/α-hetero) is 1. The van der Waals surface area contributed by atoms with E-state index >= 15 is 0 Å². The molecule has 1 saturated carbocycles. The van der Waals surface area contributed by atoms with Crippen LogP contribution in [0, 0.1) is 5.92 Å². The lowest BCUT2D eigenvalue weighted by atomic mass is 10.3. The van der Waals surface area contributed by atoms with Crippen molar-refractivity contribution in [2.45, 2.75) is 12.8 Å². The molecule has 14 heavy (non-hydrogen) atoms. The van der Waals surface area contributed by atoms with E-state index in [-0.39, 0.29) is 12.4 Å². The third-order valence-corrected chi connectivity index (χ3v) is 3.80. The monoisotopic (exact) mass is 274 g/mol. The van der Waals surface area contributed by atoms with Crippen LogP contribution >= 0.6 is 27.3 Å². The quantitative estimate of drug-likeness (QED) is 0.772. The van der Waals surface area contributed by atoms with Crippen molar-refractivity contribution < 1.29 is 9.53 Å². The highest BCUT2D eigenvalue weighted by Crippen LogP contribution is 2.29. The van der Waals surface area contributed by atoms with Crippen molar-refractivity contribution in [3.63, 3.8) is 0 Å². The minimum atomic E-state index is 0.0846. The Morgan fingerprint density at radius 2 is 2.36 bits per heavy atom. The van der Waals surface area contributed by atoms with Crippen LogP contribution in [0.5, 0.6) is 0 Å². The van der Waals surface area contributed by atoms with Crippen molar-refractivity contribution in [2.24, 2.45) is 5.92 Å². The maximum absolute atomic E-state index is 11.5. The van der Waals surface area contributed by atoms with Gasteiger partial charge in [0.2, 0.25) is 0 Å². The van der Waals surface area contributed by atoms with Crippen LogP contribution < -0.4 is 0 Å². The highest BCUT2D eigenvalue weighted by Gasteiger charge is 2.21. The van der Waals surface area contributed by atoms with E-state index in [1.807, 2.05) is 12.1 Å². The maximum Gasteiger partial charge on any atom is 0.198 e. The van der Waals surface area contributed by atoms with Gasteiger partial charge in [0.1, 0.15) is 6.61 Å². The second kappa shape index (κ2) is 4.55. The van der Waals surface area contributed by atoms with Crippen LogP contribution in [0.15, 0.2) is 15.9 Å². The van der Waals surface area contributed by atoms with E-state index in [2.05, 4.69) is 15.9 Å². The molecule has 1 aromatic heterocycles. The highest BCUT2D eigenvalue weighted by atomic mass is 79.9. The number of hydrogen-bond acceptors (Lipinski definition) is 3. The lowest BCUT2D eigenvalue weighted by Gasteiger charge is -1.99. The van der Waals surface area contributed by atoms with Gasteiger partial charge in [0, 0.05) is 0 Å². The van der Waals surface area contributed by atoms with Crippen molar-refractivity contribution in [1.82, 2.24) is 0 Å². The number of rotatable bonds is 5. The molecule has 0 amide bonds. The maximum atomic E-state index is 11.5. The Kier molecular flexibility index (Phi) is 3.36. The average Bonchev–Trinajstić information content (AvgIpc) is 2.87. The Bertz CT molecular complexity index is 331. The molecule has 0 radical (unpaired) electrons. The van der Waals surface area contributed by atoms with Crippen LogP contribution in [0.2, 0.25) is 0 Å². The van der Waals surface area contributed by atoms with E-state index in [4.69, 9.17) is 4.74 Å². The van der Waals surface area contributed by atoms with Gasteiger partial charge in [-0.3, -0.25) is 4.79 Å². The zero-order valence-corrected chi connectivity index (χ0v) is 10.1. The molecular weight excluding hydrogens is 264 g/mol. The second-order valence-corrected chi connectivity index (χ2v) is 5.95. The molecule has 0 N–H and O–H groups in total. The molecule has 0 saturated heterocycles. The van der Waals surface area contributed by atoms with Gasteiger partial charge < -0.3 is 4.74 Å². The van der Waals surface area contributed by atoms with Crippen molar-refractivity contribution in [3.8, 4) is 0 Å². The molecule has 76 valence electrons. The first-order valence-electron chi connectivity index (χ1n) is 4.62. The largest absolute Gasteiger partial charge is 0.373 e. The molecule has 0 aliphatic heterocycles. The number of hydrogen-bond donors (Lipinski definition) is 0. The summed E-state index contributed by atoms with van der Waals surface area (Å²) in [5.74, 6) is 0.805. The lowest BCUT2D eigenvalue weighted by Crippen LogP contribution is -2.08. The molecule has 0 aromatic carbocycles. The fraction of sp³-hybridized carbons (Fsp3) is 0.500. The molecule has 1 aliphatic carbocycles. The first-order chi connectivity index (χ1) is 6.75. The van der Waals surface area contributed by atoms with Crippen LogP contribution in [0.25, 0.3) is 0 Å². The third-order valence-electron chi connectivity index (χ3n) is 2.13. The van der Waals surface area contributed by atoms with E-state index in [0.29, 0.717) is 0 Å². The van der Waals surface area contributed by atoms with Gasteiger partial charge in [0.15, 0.2) is 5.78 Å². The summed E-state index contributed by atoms with van der Waals surface area (Å²) in [5, 5.41) is 0. The number of ether oxygens (including phenoxy) is 1. The van der Waals surface area contributed by atoms with E-state index in [1.54, 1.807) is 0 Å². The summed E-state index contributed by atoms with van der Waals surface area (Å²) in [6.45, 7) is 0.974. The SMILES string of the molecule is O=C(COCC1CC1)c1ccc(Br)s1. The van der Waals surface area contributed by atoms with Crippen molar-refractivity contribution in [3.05, 3.63) is 20.8 Å². The molecule has 0 atom stereocenters. The Morgan fingerprint density at radius 1 is 1.57 bits per heavy atom. The summed E-state index contributed by atoms with van der Waals surface area (Å²) in [7, 11) is 0. The summed E-state index contributed by atoms with van der Waals surface area (Å²) in [4.78, 5) is 12.3. The van der Waals surface area contributed by atoms with Gasteiger partial charge in [-0.1, -0.05) is 0 Å². The summed E-state index contributed by atoms with van der Waals surface area (Å²) < 4.78 is 6.31. The molecule has 4 heteroatoms. The predicted octanol–water partition coefficient (Wildman–Crippen LogP) is 3.12. The summed E-state index contributed by atoms with van der Waals surface area (Å²) in [5.41, 5.74) is 0. The minimum Gasteiger partial charge on any atom is -0.373 e. The molecular formula is C10H11BrO2S. The van der Waals surface area contributed by atoms with Crippen LogP contribution in [0.3, 0.4) is 0 Å². The van der Waals surface area contributed by atoms with E-state index < -0.39 is 0 Å². The Labute approximate surface area is 95.4 Å². The van der Waals surface area contributed by atoms with Crippen molar-refractivity contribution in [2.75, 3.05) is 13.2 Å². The number of halogens is 1. The van der Waals surface area contributed by atoms with Gasteiger partial charge in [0.05, 0.1) is 15.3 Å². The zero-order chi connectivity index (χ0) is 9.97. The molecule has 1 fully saturated rings. The molecule has 2 nitrogen and oxygen atoms in total. The Morgan fingerprint density at radius 3 is 2.93 bits per heavy atom. The zero-order valence-electron chi connectivity index (χ0n) is 7.66. The van der Waals surface area contributed by atoms with E-state index in [1.165, 1.54) is 24.2 Å². The number of carbonyl (C=O) groups excluding carboxylic acids is 1. The summed E-state index contributed by atoms with van der Waals surface area (Å²) >= 11 is 4.78. The highest BCUT2D eigenvalue weighted by molar-refractivity contribution is 9.11. The van der Waals surface area contributed by atoms with E-state index in [9.17, 15) is 4.79 Å². The van der Waals surface area contributed by atoms with E-state index in [0.717, 1.165) is 21.2 Å². The van der Waals surface area contributed by atoms with Gasteiger partial charge in [-0.15, -0.1) is 11.3 Å². The molecule has 2 rings (SSSR count). The summed E-state index contributed by atoms with van der Waals surface area (Å²) in [6, 6.07) is 3.72. The molecule has 1 heterocycles. The van der Waals surface area contributed by atoms with Gasteiger partial charge >= 0.3 is 0 Å². The van der Waals surface area contributed by atoms with Gasteiger partial charge in [-0.25, -0.2) is 0 Å². The second-order valence-electron chi connectivity index (χ2n) is 3.49. The Hall–Kier alpha value is -0.190. The van der Waals surface area contributed by atoms with Gasteiger partial charge in [-0.05, 0) is 46.8 Å². The lowest BCUT2D eigenvalue weighted by molar-refractivity contribution is 0.0744. The van der Waals surface area contributed by atoms with Gasteiger partial charge in [0.25, 0.3) is 0 Å². The molecule has 1 aromatic rings. The van der Waals surface area contributed by atoms with Crippen LogP contribution in [0.1, 0.15) is 22.5 Å². The average molecular weight is 275 g/mol. The summed E-state index contributed by atoms with van der Waals surface area (Å²) in [6.07, 6.45) is 2.53. The van der Waals surface area contributed by atoms with Crippen molar-refractivity contribution >= 4 is 33.0 Å². The molecule has 1 aliphatic rings. The minimum absolute atomic E-state index is 0.0846. The van der Waals surface area contributed by atoms with Crippen LogP contribution in [-0.4, -0.2) is 19.0 Å². The number of thiophene rings is 1. The Balaban J connectivity index is 1.76. The normalized spacial score (nSPS) is 15.8. The topological polar surface area (TPSA) is 26.3 Å². The third kappa shape index (κ3) is 2.90. The molecule has 0 bridgehead atoms. The first kappa shape index (κ1) is 10.3. The molecule has 0 spiro atoms. The number of carbonyl (C=O) groups is 1. The van der Waals surface area contributed by atoms with Crippen molar-refractivity contribution in [1.29, 1.82) is 0 Å². The fourth-order valence-corrected chi connectivity index (χ4v) is 2.45. The standard InChI is InChI=1S/C10H11BrO2S/c11-10-4-3-9(14-10)8(12)6-13-5-7-1-2-7/h3-4,7H,1-2,5-6H2. The first-order valence-corrected chi connectivity index (χ1v) is 6.23. The van der Waals surface area contributed by atoms with Crippen LogP contribution in [0.4, 0.5) is 0 Å². The predicted molar refractivity (Wildman–Crippen MR) is 59.9 cm³/mol. The van der Waals surface area contributed by atoms with Crippen LogP contribution in [-0.2, 0) is 4.74 Å². The smallest absolute Gasteiger partial charge is 0.198 e. The number of ketones is 1. The fourth-order valence-electron chi connectivity index (χ4n) is 1.14. The molecule has 0 unspecified atom stereocenters. The van der Waals surface area contributed by atoms with Gasteiger partial charge in [-0.2, -0.15) is 0 Å².